The van der Waals surface area contributed by atoms with Crippen molar-refractivity contribution in [1.82, 2.24) is 9.55 Å². The van der Waals surface area contributed by atoms with Crippen LogP contribution in [-0.2, 0) is 0 Å². The molecule has 0 saturated carbocycles. The molecule has 2 aromatic carbocycles. The summed E-state index contributed by atoms with van der Waals surface area (Å²) in [6.45, 7) is 0. The number of amides is 1. The van der Waals surface area contributed by atoms with Gasteiger partial charge in [0, 0.05) is 12.3 Å². The SMILES string of the molecule is COc1ccc(OC)c(NC(=O)c2c[nH]c(=O)n(-c3ccccc3)c2=O)c1. The maximum absolute atomic E-state index is 12.7. The highest BCUT2D eigenvalue weighted by molar-refractivity contribution is 6.04. The van der Waals surface area contributed by atoms with Crippen molar-refractivity contribution >= 4 is 11.6 Å². The van der Waals surface area contributed by atoms with E-state index in [0.717, 1.165) is 10.8 Å². The number of methoxy groups -OCH3 is 2. The minimum absolute atomic E-state index is 0.219. The average Bonchev–Trinajstić information content (AvgIpc) is 2.68. The zero-order valence-electron chi connectivity index (χ0n) is 14.7. The topological polar surface area (TPSA) is 102 Å². The largest absolute Gasteiger partial charge is 0.497 e. The highest BCUT2D eigenvalue weighted by Crippen LogP contribution is 2.29. The van der Waals surface area contributed by atoms with Crippen LogP contribution in [-0.4, -0.2) is 29.7 Å². The fourth-order valence-electron chi connectivity index (χ4n) is 2.55. The van der Waals surface area contributed by atoms with Gasteiger partial charge >= 0.3 is 5.69 Å². The third-order valence-corrected chi connectivity index (χ3v) is 3.89. The molecule has 0 atom stereocenters. The molecule has 0 fully saturated rings. The second-order valence-electron chi connectivity index (χ2n) is 5.50. The van der Waals surface area contributed by atoms with Crippen molar-refractivity contribution in [1.29, 1.82) is 0 Å². The molecule has 0 saturated heterocycles. The summed E-state index contributed by atoms with van der Waals surface area (Å²) in [6.07, 6.45) is 1.09. The lowest BCUT2D eigenvalue weighted by Gasteiger charge is -2.12. The minimum Gasteiger partial charge on any atom is -0.497 e. The second-order valence-corrected chi connectivity index (χ2v) is 5.50. The molecule has 0 spiro atoms. The van der Waals surface area contributed by atoms with Crippen molar-refractivity contribution in [2.24, 2.45) is 0 Å². The lowest BCUT2D eigenvalue weighted by molar-refractivity contribution is 0.102. The Bertz CT molecular complexity index is 1090. The molecular formula is C19H17N3O5. The van der Waals surface area contributed by atoms with Gasteiger partial charge in [-0.15, -0.1) is 0 Å². The summed E-state index contributed by atoms with van der Waals surface area (Å²) in [5.41, 5.74) is -0.898. The number of hydrogen-bond acceptors (Lipinski definition) is 5. The quantitative estimate of drug-likeness (QED) is 0.716. The van der Waals surface area contributed by atoms with E-state index in [1.807, 2.05) is 0 Å². The monoisotopic (exact) mass is 367 g/mol. The predicted molar refractivity (Wildman–Crippen MR) is 100 cm³/mol. The molecule has 1 amide bonds. The van der Waals surface area contributed by atoms with E-state index in [1.165, 1.54) is 14.2 Å². The van der Waals surface area contributed by atoms with Crippen molar-refractivity contribution in [3.05, 3.63) is 81.1 Å². The van der Waals surface area contributed by atoms with Crippen LogP contribution in [0.1, 0.15) is 10.4 Å². The number of hydrogen-bond donors (Lipinski definition) is 2. The van der Waals surface area contributed by atoms with E-state index in [2.05, 4.69) is 10.3 Å². The molecule has 1 heterocycles. The summed E-state index contributed by atoms with van der Waals surface area (Å²) in [6, 6.07) is 13.2. The first kappa shape index (κ1) is 18.0. The minimum atomic E-state index is -0.732. The predicted octanol–water partition coefficient (Wildman–Crippen LogP) is 1.80. The number of anilines is 1. The summed E-state index contributed by atoms with van der Waals surface area (Å²) in [5.74, 6) is 0.221. The van der Waals surface area contributed by atoms with Crippen LogP contribution in [0.2, 0.25) is 0 Å². The maximum Gasteiger partial charge on any atom is 0.333 e. The van der Waals surface area contributed by atoms with Gasteiger partial charge in [0.2, 0.25) is 0 Å². The van der Waals surface area contributed by atoms with E-state index in [-0.39, 0.29) is 5.56 Å². The Hall–Kier alpha value is -3.81. The highest BCUT2D eigenvalue weighted by Gasteiger charge is 2.17. The number of para-hydroxylation sites is 1. The van der Waals surface area contributed by atoms with Gasteiger partial charge in [0.1, 0.15) is 17.1 Å². The van der Waals surface area contributed by atoms with Crippen LogP contribution in [0.25, 0.3) is 5.69 Å². The number of aromatic amines is 1. The van der Waals surface area contributed by atoms with Crippen LogP contribution in [0.4, 0.5) is 5.69 Å². The normalized spacial score (nSPS) is 10.3. The van der Waals surface area contributed by atoms with Gasteiger partial charge < -0.3 is 19.8 Å². The molecule has 0 aliphatic carbocycles. The van der Waals surface area contributed by atoms with E-state index in [9.17, 15) is 14.4 Å². The number of H-pyrrole nitrogens is 1. The van der Waals surface area contributed by atoms with Gasteiger partial charge in [-0.25, -0.2) is 9.36 Å². The van der Waals surface area contributed by atoms with Crippen molar-refractivity contribution in [2.75, 3.05) is 19.5 Å². The lowest BCUT2D eigenvalue weighted by Crippen LogP contribution is -2.38. The molecule has 0 aliphatic rings. The standard InChI is InChI=1S/C19H17N3O5/c1-26-13-8-9-16(27-2)15(10-13)21-17(23)14-11-20-19(25)22(18(14)24)12-6-4-3-5-7-12/h3-11H,1-2H3,(H,20,25)(H,21,23). The Kier molecular flexibility index (Phi) is 5.07. The number of ether oxygens (including phenoxy) is 2. The number of carbonyl (C=O) groups is 1. The molecule has 8 nitrogen and oxygen atoms in total. The summed E-state index contributed by atoms with van der Waals surface area (Å²) in [5, 5.41) is 2.61. The fourth-order valence-corrected chi connectivity index (χ4v) is 2.55. The number of nitrogens with zero attached hydrogens (tertiary/aromatic N) is 1. The third-order valence-electron chi connectivity index (χ3n) is 3.89. The molecule has 0 radical (unpaired) electrons. The molecule has 0 bridgehead atoms. The van der Waals surface area contributed by atoms with Gasteiger partial charge in [0.25, 0.3) is 11.5 Å². The molecule has 27 heavy (non-hydrogen) atoms. The molecule has 0 unspecified atom stereocenters. The Morgan fingerprint density at radius 3 is 2.44 bits per heavy atom. The summed E-state index contributed by atoms with van der Waals surface area (Å²) in [4.78, 5) is 39.9. The molecule has 8 heteroatoms. The molecular weight excluding hydrogens is 350 g/mol. The number of rotatable bonds is 5. The number of nitrogens with one attached hydrogen (secondary N) is 2. The van der Waals surface area contributed by atoms with Crippen molar-refractivity contribution < 1.29 is 14.3 Å². The smallest absolute Gasteiger partial charge is 0.333 e. The molecule has 1 aromatic heterocycles. The van der Waals surface area contributed by atoms with Crippen LogP contribution < -0.4 is 26.0 Å². The van der Waals surface area contributed by atoms with Gasteiger partial charge in [-0.05, 0) is 24.3 Å². The Morgan fingerprint density at radius 1 is 1.04 bits per heavy atom. The van der Waals surface area contributed by atoms with E-state index in [1.54, 1.807) is 48.5 Å². The number of aromatic nitrogens is 2. The van der Waals surface area contributed by atoms with Crippen LogP contribution in [0.3, 0.4) is 0 Å². The first-order valence-electron chi connectivity index (χ1n) is 7.98. The van der Waals surface area contributed by atoms with Gasteiger partial charge in [0.15, 0.2) is 0 Å². The van der Waals surface area contributed by atoms with Gasteiger partial charge in [-0.3, -0.25) is 9.59 Å². The summed E-state index contributed by atoms with van der Waals surface area (Å²) < 4.78 is 11.3. The van der Waals surface area contributed by atoms with E-state index in [4.69, 9.17) is 9.47 Å². The first-order chi connectivity index (χ1) is 13.0. The molecule has 3 aromatic rings. The van der Waals surface area contributed by atoms with E-state index < -0.39 is 17.2 Å². The van der Waals surface area contributed by atoms with Crippen LogP contribution in [0, 0.1) is 0 Å². The van der Waals surface area contributed by atoms with Crippen LogP contribution in [0.5, 0.6) is 11.5 Å². The Labute approximate surface area is 154 Å². The highest BCUT2D eigenvalue weighted by atomic mass is 16.5. The van der Waals surface area contributed by atoms with Crippen molar-refractivity contribution in [3.8, 4) is 17.2 Å². The molecule has 138 valence electrons. The first-order valence-corrected chi connectivity index (χ1v) is 7.98. The van der Waals surface area contributed by atoms with E-state index >= 15 is 0 Å². The van der Waals surface area contributed by atoms with E-state index in [0.29, 0.717) is 22.9 Å². The van der Waals surface area contributed by atoms with Gasteiger partial charge in [-0.2, -0.15) is 0 Å². The third kappa shape index (κ3) is 3.59. The lowest BCUT2D eigenvalue weighted by atomic mass is 10.2. The number of benzene rings is 2. The number of carbonyl (C=O) groups excluding carboxylic acids is 1. The van der Waals surface area contributed by atoms with Gasteiger partial charge in [0.05, 0.1) is 25.6 Å². The van der Waals surface area contributed by atoms with Crippen molar-refractivity contribution in [3.63, 3.8) is 0 Å². The summed E-state index contributed by atoms with van der Waals surface area (Å²) in [7, 11) is 2.95. The summed E-state index contributed by atoms with van der Waals surface area (Å²) >= 11 is 0. The second kappa shape index (κ2) is 7.61. The molecule has 0 aliphatic heterocycles. The maximum atomic E-state index is 12.7. The molecule has 3 rings (SSSR count). The Balaban J connectivity index is 2.02. The Morgan fingerprint density at radius 2 is 1.78 bits per heavy atom. The molecule has 2 N–H and O–H groups in total. The van der Waals surface area contributed by atoms with Crippen LogP contribution in [0.15, 0.2) is 64.3 Å². The van der Waals surface area contributed by atoms with Gasteiger partial charge in [-0.1, -0.05) is 18.2 Å². The zero-order valence-corrected chi connectivity index (χ0v) is 14.7. The average molecular weight is 367 g/mol. The zero-order chi connectivity index (χ0) is 19.4. The fraction of sp³-hybridized carbons (Fsp3) is 0.105. The van der Waals surface area contributed by atoms with Crippen molar-refractivity contribution in [2.45, 2.75) is 0 Å². The van der Waals surface area contributed by atoms with Crippen LogP contribution >= 0.6 is 0 Å².